The predicted octanol–water partition coefficient (Wildman–Crippen LogP) is 6.52. The van der Waals surface area contributed by atoms with E-state index < -0.39 is 0 Å². The topological polar surface area (TPSA) is 24.8 Å². The van der Waals surface area contributed by atoms with Gasteiger partial charge in [0.1, 0.15) is 0 Å². The molecule has 0 spiro atoms. The molecule has 2 aliphatic rings. The molecule has 2 atom stereocenters. The lowest BCUT2D eigenvalue weighted by Gasteiger charge is -2.48. The maximum atomic E-state index is 5.83. The van der Waals surface area contributed by atoms with Crippen molar-refractivity contribution in [1.82, 2.24) is 4.31 Å². The molecule has 1 aliphatic heterocycles. The summed E-state index contributed by atoms with van der Waals surface area (Å²) in [4.78, 5) is 6.16. The molecule has 1 fully saturated rings. The number of benzene rings is 1. The van der Waals surface area contributed by atoms with Crippen LogP contribution in [0.2, 0.25) is 0 Å². The van der Waals surface area contributed by atoms with E-state index in [4.69, 9.17) is 9.73 Å². The van der Waals surface area contributed by atoms with Crippen molar-refractivity contribution in [3.05, 3.63) is 52.2 Å². The van der Waals surface area contributed by atoms with Crippen LogP contribution in [-0.2, 0) is 22.1 Å². The zero-order valence-electron chi connectivity index (χ0n) is 21.5. The van der Waals surface area contributed by atoms with Crippen LogP contribution in [0, 0.1) is 11.3 Å². The number of piperidine rings is 1. The van der Waals surface area contributed by atoms with Crippen molar-refractivity contribution in [3.63, 3.8) is 0 Å². The van der Waals surface area contributed by atoms with Crippen LogP contribution in [0.15, 0.2) is 56.6 Å². The standard InChI is InChI=1S/C28H42N2OS/c1-20(2)22(4)29-17-23-16-28(19-31-8)18-30(14-13-25(28)15-21(23)3)32-26-11-9-24(10-12-26)27(5,6)7/h9-12,17,25H,13-16,18-19H2,1-8H3/p+1. The molecule has 1 aliphatic carbocycles. The minimum absolute atomic E-state index is 0.172. The molecule has 32 heavy (non-hydrogen) atoms. The lowest BCUT2D eigenvalue weighted by Crippen LogP contribution is -2.52. The minimum Gasteiger partial charge on any atom is -0.384 e. The molecule has 3 rings (SSSR count). The third-order valence-corrected chi connectivity index (χ3v) is 8.46. The number of ether oxygens (including phenoxy) is 1. The van der Waals surface area contributed by atoms with E-state index in [-0.39, 0.29) is 10.8 Å². The number of methoxy groups -OCH3 is 1. The van der Waals surface area contributed by atoms with E-state index in [1.54, 1.807) is 0 Å². The van der Waals surface area contributed by atoms with Gasteiger partial charge >= 0.3 is 0 Å². The second kappa shape index (κ2) is 10.3. The lowest BCUT2D eigenvalue weighted by molar-refractivity contribution is -0.0129. The van der Waals surface area contributed by atoms with Gasteiger partial charge in [-0.2, -0.15) is 0 Å². The number of hydrogen-bond acceptors (Lipinski definition) is 3. The second-order valence-corrected chi connectivity index (χ2v) is 12.4. The monoisotopic (exact) mass is 455 g/mol. The summed E-state index contributed by atoms with van der Waals surface area (Å²) in [5, 5.41) is 0. The highest BCUT2D eigenvalue weighted by Gasteiger charge is 2.48. The number of fused-ring (bicyclic) bond motifs is 1. The normalized spacial score (nSPS) is 24.7. The van der Waals surface area contributed by atoms with Crippen LogP contribution < -0.4 is 0 Å². The fourth-order valence-corrected chi connectivity index (χ4v) is 6.15. The van der Waals surface area contributed by atoms with Gasteiger partial charge < -0.3 is 4.74 Å². The Hall–Kier alpha value is -1.36. The summed E-state index contributed by atoms with van der Waals surface area (Å²) < 4.78 is 8.46. The number of aliphatic imine (C=N–C) groups is 1. The Morgan fingerprint density at radius 2 is 1.91 bits per heavy atom. The van der Waals surface area contributed by atoms with E-state index in [2.05, 4.69) is 83.3 Å². The fourth-order valence-electron chi connectivity index (χ4n) is 4.97. The smallest absolute Gasteiger partial charge is 0.173 e. The van der Waals surface area contributed by atoms with Gasteiger partial charge in [0.25, 0.3) is 0 Å². The Morgan fingerprint density at radius 1 is 1.22 bits per heavy atom. The molecular weight excluding hydrogens is 412 g/mol. The van der Waals surface area contributed by atoms with Crippen molar-refractivity contribution in [2.24, 2.45) is 16.3 Å². The molecule has 176 valence electrons. The SMILES string of the molecule is COCC12CC(C=NC(C)=C(C)C)=C(C)CC1CCN([SH+]c1ccc(C(C)(C)C)cc1)C2. The molecule has 0 N–H and O–H groups in total. The number of nitrogens with zero attached hydrogens (tertiary/aromatic N) is 2. The first-order chi connectivity index (χ1) is 15.0. The summed E-state index contributed by atoms with van der Waals surface area (Å²) >= 11 is 1.32. The molecule has 1 saturated heterocycles. The van der Waals surface area contributed by atoms with E-state index in [9.17, 15) is 0 Å². The number of thiol groups is 1. The van der Waals surface area contributed by atoms with E-state index in [1.165, 1.54) is 52.0 Å². The number of rotatable bonds is 6. The van der Waals surface area contributed by atoms with Gasteiger partial charge in [-0.1, -0.05) is 44.1 Å². The van der Waals surface area contributed by atoms with Crippen molar-refractivity contribution >= 4 is 18.2 Å². The summed E-state index contributed by atoms with van der Waals surface area (Å²) in [6, 6.07) is 9.21. The van der Waals surface area contributed by atoms with Gasteiger partial charge in [-0.15, -0.1) is 4.31 Å². The van der Waals surface area contributed by atoms with Crippen LogP contribution >= 0.6 is 0 Å². The summed E-state index contributed by atoms with van der Waals surface area (Å²) in [7, 11) is 1.86. The molecule has 0 aromatic heterocycles. The van der Waals surface area contributed by atoms with Crippen molar-refractivity contribution in [2.45, 2.75) is 78.0 Å². The highest BCUT2D eigenvalue weighted by molar-refractivity contribution is 7.76. The number of hydrogen-bond donors (Lipinski definition) is 0. The van der Waals surface area contributed by atoms with Gasteiger partial charge in [-0.3, -0.25) is 4.99 Å². The van der Waals surface area contributed by atoms with Gasteiger partial charge in [0.2, 0.25) is 0 Å². The molecule has 1 aromatic rings. The van der Waals surface area contributed by atoms with Crippen molar-refractivity contribution in [3.8, 4) is 0 Å². The van der Waals surface area contributed by atoms with E-state index in [0.29, 0.717) is 5.92 Å². The van der Waals surface area contributed by atoms with Gasteiger partial charge in [-0.25, -0.2) is 0 Å². The van der Waals surface area contributed by atoms with Crippen LogP contribution in [0.5, 0.6) is 0 Å². The Balaban J connectivity index is 1.78. The first-order valence-electron chi connectivity index (χ1n) is 12.0. The molecule has 2 unspecified atom stereocenters. The lowest BCUT2D eigenvalue weighted by atomic mass is 9.62. The molecule has 0 radical (unpaired) electrons. The first-order valence-corrected chi connectivity index (χ1v) is 12.8. The Bertz CT molecular complexity index is 887. The van der Waals surface area contributed by atoms with Gasteiger partial charge in [0.15, 0.2) is 4.90 Å². The summed E-state index contributed by atoms with van der Waals surface area (Å²) in [5.41, 5.74) is 7.09. The molecule has 1 heterocycles. The maximum absolute atomic E-state index is 5.83. The fraction of sp³-hybridized carbons (Fsp3) is 0.607. The van der Waals surface area contributed by atoms with Crippen LogP contribution in [0.4, 0.5) is 0 Å². The minimum atomic E-state index is 0.172. The Morgan fingerprint density at radius 3 is 2.50 bits per heavy atom. The average Bonchev–Trinajstić information content (AvgIpc) is 2.72. The van der Waals surface area contributed by atoms with E-state index >= 15 is 0 Å². The Labute approximate surface area is 200 Å². The summed E-state index contributed by atoms with van der Waals surface area (Å²) in [6.07, 6.45) is 5.60. The largest absolute Gasteiger partial charge is 0.384 e. The van der Waals surface area contributed by atoms with Crippen LogP contribution in [0.25, 0.3) is 0 Å². The molecule has 3 nitrogen and oxygen atoms in total. The summed E-state index contributed by atoms with van der Waals surface area (Å²) in [5.74, 6) is 0.693. The van der Waals surface area contributed by atoms with E-state index in [1.807, 2.05) is 7.11 Å². The third kappa shape index (κ3) is 5.95. The molecule has 4 heteroatoms. The van der Waals surface area contributed by atoms with Crippen LogP contribution in [0.3, 0.4) is 0 Å². The van der Waals surface area contributed by atoms with Crippen molar-refractivity contribution < 1.29 is 4.74 Å². The van der Waals surface area contributed by atoms with Gasteiger partial charge in [0.05, 0.1) is 25.1 Å². The van der Waals surface area contributed by atoms with E-state index in [0.717, 1.165) is 31.8 Å². The highest BCUT2D eigenvalue weighted by atomic mass is 32.2. The second-order valence-electron chi connectivity index (χ2n) is 11.1. The van der Waals surface area contributed by atoms with Crippen LogP contribution in [0.1, 0.15) is 73.3 Å². The molecular formula is C28H43N2OS+. The van der Waals surface area contributed by atoms with Gasteiger partial charge in [-0.05, 0) is 81.6 Å². The van der Waals surface area contributed by atoms with Crippen molar-refractivity contribution in [2.75, 3.05) is 26.8 Å². The highest BCUT2D eigenvalue weighted by Crippen LogP contribution is 2.48. The zero-order valence-corrected chi connectivity index (χ0v) is 22.4. The first kappa shape index (κ1) is 25.3. The zero-order chi connectivity index (χ0) is 23.5. The predicted molar refractivity (Wildman–Crippen MR) is 141 cm³/mol. The summed E-state index contributed by atoms with van der Waals surface area (Å²) in [6.45, 7) is 18.5. The Kier molecular flexibility index (Phi) is 8.11. The maximum Gasteiger partial charge on any atom is 0.173 e. The van der Waals surface area contributed by atoms with Crippen molar-refractivity contribution in [1.29, 1.82) is 0 Å². The average molecular weight is 456 g/mol. The molecule has 0 bridgehead atoms. The van der Waals surface area contributed by atoms with Gasteiger partial charge in [0, 0.05) is 31.0 Å². The third-order valence-electron chi connectivity index (χ3n) is 7.30. The molecule has 0 amide bonds. The van der Waals surface area contributed by atoms with Crippen LogP contribution in [-0.4, -0.2) is 37.3 Å². The number of allylic oxidation sites excluding steroid dienone is 4. The quantitative estimate of drug-likeness (QED) is 0.277. The molecule has 0 saturated carbocycles. The molecule has 1 aromatic carbocycles.